The van der Waals surface area contributed by atoms with E-state index in [1.807, 2.05) is 36.5 Å². The highest BCUT2D eigenvalue weighted by Crippen LogP contribution is 2.13. The zero-order valence-corrected chi connectivity index (χ0v) is 9.59. The second-order valence-corrected chi connectivity index (χ2v) is 3.77. The van der Waals surface area contributed by atoms with Crippen LogP contribution < -0.4 is 0 Å². The standard InChI is InChI=1S/C15H12N2/c1-12-4-2-3-5-14(12)11-17-15-8-6-13(10-16)7-9-15/h2-9,11H,1H3. The van der Waals surface area contributed by atoms with Gasteiger partial charge < -0.3 is 0 Å². The van der Waals surface area contributed by atoms with Crippen molar-refractivity contribution in [2.45, 2.75) is 6.92 Å². The molecule has 0 aromatic heterocycles. The van der Waals surface area contributed by atoms with Crippen molar-refractivity contribution in [3.8, 4) is 6.07 Å². The number of benzene rings is 2. The molecule has 2 aromatic rings. The Morgan fingerprint density at radius 1 is 1.06 bits per heavy atom. The fourth-order valence-corrected chi connectivity index (χ4v) is 1.50. The third kappa shape index (κ3) is 2.79. The molecule has 0 amide bonds. The van der Waals surface area contributed by atoms with Gasteiger partial charge in [0.05, 0.1) is 17.3 Å². The largest absolute Gasteiger partial charge is 0.256 e. The highest BCUT2D eigenvalue weighted by atomic mass is 14.7. The Bertz CT molecular complexity index is 575. The summed E-state index contributed by atoms with van der Waals surface area (Å²) in [5, 5.41) is 8.68. The molecule has 0 spiro atoms. The highest BCUT2D eigenvalue weighted by molar-refractivity contribution is 5.83. The summed E-state index contributed by atoms with van der Waals surface area (Å²) in [4.78, 5) is 4.38. The predicted molar refractivity (Wildman–Crippen MR) is 69.6 cm³/mol. The maximum atomic E-state index is 8.68. The average Bonchev–Trinajstić information content (AvgIpc) is 2.38. The first-order chi connectivity index (χ1) is 8.29. The summed E-state index contributed by atoms with van der Waals surface area (Å²) in [6, 6.07) is 17.4. The molecule has 0 saturated heterocycles. The molecule has 2 nitrogen and oxygen atoms in total. The van der Waals surface area contributed by atoms with Crippen LogP contribution in [-0.4, -0.2) is 6.21 Å². The maximum Gasteiger partial charge on any atom is 0.0991 e. The van der Waals surface area contributed by atoms with E-state index in [-0.39, 0.29) is 0 Å². The van der Waals surface area contributed by atoms with Gasteiger partial charge in [0, 0.05) is 6.21 Å². The Labute approximate surface area is 101 Å². The van der Waals surface area contributed by atoms with Crippen LogP contribution >= 0.6 is 0 Å². The van der Waals surface area contributed by atoms with Crippen LogP contribution in [0.25, 0.3) is 0 Å². The van der Waals surface area contributed by atoms with Gasteiger partial charge in [-0.3, -0.25) is 4.99 Å². The number of hydrogen-bond acceptors (Lipinski definition) is 2. The Morgan fingerprint density at radius 3 is 2.41 bits per heavy atom. The van der Waals surface area contributed by atoms with E-state index in [1.54, 1.807) is 12.1 Å². The summed E-state index contributed by atoms with van der Waals surface area (Å²) in [6.07, 6.45) is 1.84. The molecule has 0 aliphatic carbocycles. The molecule has 0 heterocycles. The lowest BCUT2D eigenvalue weighted by Crippen LogP contribution is -1.84. The van der Waals surface area contributed by atoms with Crippen LogP contribution in [0.3, 0.4) is 0 Å². The minimum absolute atomic E-state index is 0.653. The molecule has 2 aromatic carbocycles. The first-order valence-electron chi connectivity index (χ1n) is 5.39. The summed E-state index contributed by atoms with van der Waals surface area (Å²) in [6.45, 7) is 2.06. The fraction of sp³-hybridized carbons (Fsp3) is 0.0667. The molecule has 82 valence electrons. The van der Waals surface area contributed by atoms with Crippen LogP contribution in [0.15, 0.2) is 53.5 Å². The SMILES string of the molecule is Cc1ccccc1C=Nc1ccc(C#N)cc1. The van der Waals surface area contributed by atoms with Crippen LogP contribution in [0, 0.1) is 18.3 Å². The Kier molecular flexibility index (Phi) is 3.32. The van der Waals surface area contributed by atoms with E-state index in [1.165, 1.54) is 5.56 Å². The van der Waals surface area contributed by atoms with Crippen LogP contribution in [0.4, 0.5) is 5.69 Å². The Balaban J connectivity index is 2.21. The summed E-state index contributed by atoms with van der Waals surface area (Å²) in [5.74, 6) is 0. The van der Waals surface area contributed by atoms with Crippen molar-refractivity contribution in [1.82, 2.24) is 0 Å². The van der Waals surface area contributed by atoms with Crippen molar-refractivity contribution < 1.29 is 0 Å². The molecule has 0 radical (unpaired) electrons. The van der Waals surface area contributed by atoms with E-state index in [0.29, 0.717) is 5.56 Å². The molecule has 2 rings (SSSR count). The van der Waals surface area contributed by atoms with E-state index in [0.717, 1.165) is 11.3 Å². The smallest absolute Gasteiger partial charge is 0.0991 e. The zero-order chi connectivity index (χ0) is 12.1. The molecule has 0 bridgehead atoms. The molecule has 0 aliphatic rings. The molecule has 0 aliphatic heterocycles. The molecule has 0 saturated carbocycles. The topological polar surface area (TPSA) is 36.1 Å². The lowest BCUT2D eigenvalue weighted by Gasteiger charge is -1.98. The molecule has 0 N–H and O–H groups in total. The average molecular weight is 220 g/mol. The van der Waals surface area contributed by atoms with E-state index < -0.39 is 0 Å². The Hall–Kier alpha value is -2.40. The van der Waals surface area contributed by atoms with Gasteiger partial charge in [-0.1, -0.05) is 24.3 Å². The normalized spacial score (nSPS) is 10.4. The van der Waals surface area contributed by atoms with Crippen molar-refractivity contribution >= 4 is 11.9 Å². The van der Waals surface area contributed by atoms with Crippen LogP contribution in [0.2, 0.25) is 0 Å². The van der Waals surface area contributed by atoms with Crippen molar-refractivity contribution in [3.05, 3.63) is 65.2 Å². The predicted octanol–water partition coefficient (Wildman–Crippen LogP) is 3.62. The van der Waals surface area contributed by atoms with Gasteiger partial charge in [0.25, 0.3) is 0 Å². The maximum absolute atomic E-state index is 8.68. The number of aliphatic imine (C=N–C) groups is 1. The van der Waals surface area contributed by atoms with Gasteiger partial charge in [0.2, 0.25) is 0 Å². The third-order valence-corrected chi connectivity index (χ3v) is 2.54. The summed E-state index contributed by atoms with van der Waals surface area (Å²) < 4.78 is 0. The Morgan fingerprint density at radius 2 is 1.76 bits per heavy atom. The van der Waals surface area contributed by atoms with E-state index in [2.05, 4.69) is 24.1 Å². The van der Waals surface area contributed by atoms with Crippen LogP contribution in [0.5, 0.6) is 0 Å². The van der Waals surface area contributed by atoms with Gasteiger partial charge in [-0.25, -0.2) is 0 Å². The molecule has 17 heavy (non-hydrogen) atoms. The fourth-order valence-electron chi connectivity index (χ4n) is 1.50. The van der Waals surface area contributed by atoms with Gasteiger partial charge >= 0.3 is 0 Å². The number of aryl methyl sites for hydroxylation is 1. The minimum atomic E-state index is 0.653. The second-order valence-electron chi connectivity index (χ2n) is 3.77. The van der Waals surface area contributed by atoms with Gasteiger partial charge in [0.15, 0.2) is 0 Å². The molecule has 0 fully saturated rings. The molecular formula is C15H12N2. The van der Waals surface area contributed by atoms with Gasteiger partial charge in [0.1, 0.15) is 0 Å². The number of rotatable bonds is 2. The first kappa shape index (κ1) is 11.1. The zero-order valence-electron chi connectivity index (χ0n) is 9.59. The summed E-state index contributed by atoms with van der Waals surface area (Å²) in [5.41, 5.74) is 3.81. The van der Waals surface area contributed by atoms with Crippen molar-refractivity contribution in [3.63, 3.8) is 0 Å². The van der Waals surface area contributed by atoms with Crippen LogP contribution in [-0.2, 0) is 0 Å². The second kappa shape index (κ2) is 5.09. The van der Waals surface area contributed by atoms with E-state index in [4.69, 9.17) is 5.26 Å². The number of nitriles is 1. The van der Waals surface area contributed by atoms with Crippen molar-refractivity contribution in [2.24, 2.45) is 4.99 Å². The minimum Gasteiger partial charge on any atom is -0.256 e. The monoisotopic (exact) mass is 220 g/mol. The first-order valence-corrected chi connectivity index (χ1v) is 5.39. The molecule has 2 heteroatoms. The lowest BCUT2D eigenvalue weighted by molar-refractivity contribution is 1.43. The molecule has 0 atom stereocenters. The molecule has 0 unspecified atom stereocenters. The van der Waals surface area contributed by atoms with Gasteiger partial charge in [-0.05, 0) is 42.3 Å². The van der Waals surface area contributed by atoms with Gasteiger partial charge in [-0.15, -0.1) is 0 Å². The highest BCUT2D eigenvalue weighted by Gasteiger charge is 1.93. The molecular weight excluding hydrogens is 208 g/mol. The van der Waals surface area contributed by atoms with E-state index >= 15 is 0 Å². The van der Waals surface area contributed by atoms with Crippen molar-refractivity contribution in [1.29, 1.82) is 5.26 Å². The third-order valence-electron chi connectivity index (χ3n) is 2.54. The number of hydrogen-bond donors (Lipinski definition) is 0. The number of nitrogens with zero attached hydrogens (tertiary/aromatic N) is 2. The lowest BCUT2D eigenvalue weighted by atomic mass is 10.1. The van der Waals surface area contributed by atoms with Gasteiger partial charge in [-0.2, -0.15) is 5.26 Å². The summed E-state index contributed by atoms with van der Waals surface area (Å²) >= 11 is 0. The van der Waals surface area contributed by atoms with E-state index in [9.17, 15) is 0 Å². The quantitative estimate of drug-likeness (QED) is 0.712. The van der Waals surface area contributed by atoms with Crippen LogP contribution in [0.1, 0.15) is 16.7 Å². The summed E-state index contributed by atoms with van der Waals surface area (Å²) in [7, 11) is 0. The van der Waals surface area contributed by atoms with Crippen molar-refractivity contribution in [2.75, 3.05) is 0 Å².